The lowest BCUT2D eigenvalue weighted by atomic mass is 9.80. The number of carbonyl (C=O) groups is 2. The number of ketones is 1. The van der Waals surface area contributed by atoms with Crippen LogP contribution in [-0.2, 0) is 10.2 Å². The molecule has 2 N–H and O–H groups in total. The largest absolute Gasteiger partial charge is 0.369 e. The van der Waals surface area contributed by atoms with Gasteiger partial charge in [-0.1, -0.05) is 67.5 Å². The zero-order valence-corrected chi connectivity index (χ0v) is 19.7. The molecule has 0 radical (unpaired) electrons. The van der Waals surface area contributed by atoms with Crippen molar-refractivity contribution >= 4 is 23.5 Å². The van der Waals surface area contributed by atoms with Crippen LogP contribution in [-0.4, -0.2) is 58.8 Å². The second-order valence-electron chi connectivity index (χ2n) is 8.91. The van der Waals surface area contributed by atoms with E-state index in [9.17, 15) is 9.59 Å². The van der Waals surface area contributed by atoms with E-state index in [1.165, 1.54) is 0 Å². The lowest BCUT2D eigenvalue weighted by Gasteiger charge is -2.34. The van der Waals surface area contributed by atoms with Crippen LogP contribution in [0.15, 0.2) is 70.2 Å². The highest BCUT2D eigenvalue weighted by atomic mass is 16.5. The molecule has 0 unspecified atom stereocenters. The highest BCUT2D eigenvalue weighted by Crippen LogP contribution is 2.33. The maximum atomic E-state index is 12.9. The van der Waals surface area contributed by atoms with Crippen molar-refractivity contribution in [1.82, 2.24) is 15.0 Å². The van der Waals surface area contributed by atoms with Crippen molar-refractivity contribution in [3.05, 3.63) is 83.0 Å². The van der Waals surface area contributed by atoms with Crippen LogP contribution in [0.2, 0.25) is 0 Å². The lowest BCUT2D eigenvalue weighted by Crippen LogP contribution is -2.52. The second kappa shape index (κ2) is 9.51. The first-order chi connectivity index (χ1) is 16.3. The van der Waals surface area contributed by atoms with E-state index in [1.54, 1.807) is 17.9 Å². The fourth-order valence-corrected chi connectivity index (χ4v) is 4.00. The molecule has 4 rings (SSSR count). The summed E-state index contributed by atoms with van der Waals surface area (Å²) >= 11 is 0. The first-order valence-corrected chi connectivity index (χ1v) is 11.3. The van der Waals surface area contributed by atoms with E-state index in [2.05, 4.69) is 10.1 Å². The van der Waals surface area contributed by atoms with E-state index < -0.39 is 5.41 Å². The van der Waals surface area contributed by atoms with Crippen molar-refractivity contribution in [1.29, 1.82) is 0 Å². The number of nitrogens with two attached hydrogens (primary N) is 1. The first-order valence-electron chi connectivity index (χ1n) is 11.3. The Morgan fingerprint density at radius 1 is 0.941 bits per heavy atom. The molecule has 0 aliphatic carbocycles. The smallest absolute Gasteiger partial charge is 0.253 e. The minimum atomic E-state index is -0.522. The summed E-state index contributed by atoms with van der Waals surface area (Å²) in [4.78, 5) is 32.5. The highest BCUT2D eigenvalue weighted by Gasteiger charge is 2.28. The second-order valence-corrected chi connectivity index (χ2v) is 8.91. The number of amides is 1. The maximum Gasteiger partial charge on any atom is 0.253 e. The molecule has 1 fully saturated rings. The Kier molecular flexibility index (Phi) is 6.49. The number of carbonyl (C=O) groups excluding carboxylic acids is 2. The molecule has 0 bridgehead atoms. The summed E-state index contributed by atoms with van der Waals surface area (Å²) in [5.74, 6) is 0.679. The molecule has 34 heavy (non-hydrogen) atoms. The predicted molar refractivity (Wildman–Crippen MR) is 130 cm³/mol. The van der Waals surface area contributed by atoms with Crippen LogP contribution < -0.4 is 5.73 Å². The van der Waals surface area contributed by atoms with Gasteiger partial charge in [0.05, 0.1) is 5.69 Å². The van der Waals surface area contributed by atoms with Gasteiger partial charge in [0, 0.05) is 55.7 Å². The van der Waals surface area contributed by atoms with Crippen molar-refractivity contribution < 1.29 is 14.1 Å². The molecular formula is C26H29N5O3. The van der Waals surface area contributed by atoms with Gasteiger partial charge in [-0.3, -0.25) is 9.59 Å². The molecule has 2 aromatic carbocycles. The zero-order valence-electron chi connectivity index (χ0n) is 19.7. The van der Waals surface area contributed by atoms with Crippen LogP contribution in [0.1, 0.15) is 48.0 Å². The number of guanidine groups is 1. The van der Waals surface area contributed by atoms with Gasteiger partial charge in [0.25, 0.3) is 5.88 Å². The van der Waals surface area contributed by atoms with Gasteiger partial charge in [0.15, 0.2) is 11.7 Å². The number of benzene rings is 2. The minimum absolute atomic E-state index is 0.0265. The van der Waals surface area contributed by atoms with Crippen molar-refractivity contribution in [2.75, 3.05) is 26.2 Å². The molecule has 1 amide bonds. The zero-order chi connectivity index (χ0) is 24.3. The van der Waals surface area contributed by atoms with Crippen LogP contribution in [0.4, 0.5) is 5.88 Å². The van der Waals surface area contributed by atoms with Gasteiger partial charge in [0.1, 0.15) is 0 Å². The molecule has 176 valence electrons. The molecule has 1 aliphatic heterocycles. The van der Waals surface area contributed by atoms with Gasteiger partial charge in [-0.15, -0.1) is 0 Å². The van der Waals surface area contributed by atoms with E-state index in [0.29, 0.717) is 54.8 Å². The quantitative estimate of drug-likeness (QED) is 0.356. The summed E-state index contributed by atoms with van der Waals surface area (Å²) in [6.07, 6.45) is 0. The Morgan fingerprint density at radius 3 is 2.26 bits per heavy atom. The molecule has 0 saturated carbocycles. The molecule has 8 heteroatoms. The lowest BCUT2D eigenvalue weighted by molar-refractivity contribution is -0.130. The fourth-order valence-electron chi connectivity index (χ4n) is 4.00. The van der Waals surface area contributed by atoms with Crippen LogP contribution in [0.3, 0.4) is 0 Å². The standard InChI is InChI=1S/C26H29N5O3/c1-18(32)30-12-14-31(15-13-30)25(27)28-23-17-22(29-34-23)26(2,3)21-11-7-10-20(16-21)24(33)19-8-5-4-6-9-19/h4-11,16-17H,12-15H2,1-3H3,(H2,27,28). The summed E-state index contributed by atoms with van der Waals surface area (Å²) in [5.41, 5.74) is 8.55. The number of aromatic nitrogens is 1. The number of aliphatic imine (C=N–C) groups is 1. The van der Waals surface area contributed by atoms with Gasteiger partial charge in [-0.05, 0) is 11.6 Å². The normalized spacial score (nSPS) is 14.9. The Bertz CT molecular complexity index is 1210. The summed E-state index contributed by atoms with van der Waals surface area (Å²) < 4.78 is 5.46. The number of piperazine rings is 1. The third-order valence-corrected chi connectivity index (χ3v) is 6.29. The molecule has 1 aliphatic rings. The number of hydrogen-bond acceptors (Lipinski definition) is 5. The summed E-state index contributed by atoms with van der Waals surface area (Å²) in [6.45, 7) is 8.06. The Balaban J connectivity index is 1.51. The van der Waals surface area contributed by atoms with Crippen LogP contribution in [0.25, 0.3) is 0 Å². The molecular weight excluding hydrogens is 430 g/mol. The maximum absolute atomic E-state index is 12.9. The predicted octanol–water partition coefficient (Wildman–Crippen LogP) is 3.34. The van der Waals surface area contributed by atoms with Gasteiger partial charge < -0.3 is 20.1 Å². The number of hydrogen-bond donors (Lipinski definition) is 1. The summed E-state index contributed by atoms with van der Waals surface area (Å²) in [5, 5.41) is 4.24. The van der Waals surface area contributed by atoms with Crippen LogP contribution in [0.5, 0.6) is 0 Å². The van der Waals surface area contributed by atoms with E-state index in [0.717, 1.165) is 5.56 Å². The molecule has 1 saturated heterocycles. The Labute approximate surface area is 199 Å². The van der Waals surface area contributed by atoms with E-state index in [4.69, 9.17) is 10.3 Å². The third kappa shape index (κ3) is 4.85. The monoisotopic (exact) mass is 459 g/mol. The number of rotatable bonds is 5. The van der Waals surface area contributed by atoms with E-state index >= 15 is 0 Å². The van der Waals surface area contributed by atoms with Crippen molar-refractivity contribution in [2.45, 2.75) is 26.2 Å². The van der Waals surface area contributed by atoms with Gasteiger partial charge in [-0.25, -0.2) is 0 Å². The topological polar surface area (TPSA) is 105 Å². The van der Waals surface area contributed by atoms with Crippen molar-refractivity contribution in [3.8, 4) is 0 Å². The van der Waals surface area contributed by atoms with Gasteiger partial charge in [-0.2, -0.15) is 4.99 Å². The first kappa shape index (κ1) is 23.2. The van der Waals surface area contributed by atoms with Gasteiger partial charge in [0.2, 0.25) is 5.91 Å². The van der Waals surface area contributed by atoms with E-state index in [1.807, 2.05) is 73.3 Å². The minimum Gasteiger partial charge on any atom is -0.369 e. The molecule has 8 nitrogen and oxygen atoms in total. The summed E-state index contributed by atoms with van der Waals surface area (Å²) in [6, 6.07) is 18.6. The van der Waals surface area contributed by atoms with Crippen LogP contribution >= 0.6 is 0 Å². The van der Waals surface area contributed by atoms with E-state index in [-0.39, 0.29) is 11.7 Å². The Hall–Kier alpha value is -3.94. The van der Waals surface area contributed by atoms with Gasteiger partial charge >= 0.3 is 0 Å². The molecule has 3 aromatic rings. The van der Waals surface area contributed by atoms with Crippen molar-refractivity contribution in [2.24, 2.45) is 10.7 Å². The number of nitrogens with zero attached hydrogens (tertiary/aromatic N) is 4. The molecule has 0 atom stereocenters. The SMILES string of the molecule is CC(=O)N1CCN(C(N)=Nc2cc(C(C)(C)c3cccc(C(=O)c4ccccc4)c3)no2)CC1. The summed E-state index contributed by atoms with van der Waals surface area (Å²) in [7, 11) is 0. The molecule has 2 heterocycles. The van der Waals surface area contributed by atoms with Crippen LogP contribution in [0, 0.1) is 0 Å². The molecule has 0 spiro atoms. The molecule has 1 aromatic heterocycles. The fraction of sp³-hybridized carbons (Fsp3) is 0.308. The average Bonchev–Trinajstić information content (AvgIpc) is 3.33. The average molecular weight is 460 g/mol. The van der Waals surface area contributed by atoms with Crippen molar-refractivity contribution in [3.63, 3.8) is 0 Å². The third-order valence-electron chi connectivity index (χ3n) is 6.29. The highest BCUT2D eigenvalue weighted by molar-refractivity contribution is 6.09. The Morgan fingerprint density at radius 2 is 1.59 bits per heavy atom.